The summed E-state index contributed by atoms with van der Waals surface area (Å²) in [5, 5.41) is 0.805. The van der Waals surface area contributed by atoms with Crippen LogP contribution in [0, 0.1) is 5.41 Å². The Morgan fingerprint density at radius 3 is 2.43 bits per heavy atom. The van der Waals surface area contributed by atoms with Crippen LogP contribution in [-0.2, 0) is 19.0 Å². The number of methoxy groups -OCH3 is 1. The Morgan fingerprint density at radius 1 is 1.43 bits per heavy atom. The third-order valence-corrected chi connectivity index (χ3v) is 2.66. The zero-order valence-corrected chi connectivity index (χ0v) is 9.76. The monoisotopic (exact) mass is 222 g/mol. The van der Waals surface area contributed by atoms with E-state index in [2.05, 4.69) is 6.58 Å². The van der Waals surface area contributed by atoms with Gasteiger partial charge < -0.3 is 4.74 Å². The summed E-state index contributed by atoms with van der Waals surface area (Å²) in [6.07, 6.45) is 0.746. The molecule has 0 aromatic carbocycles. The highest BCUT2D eigenvalue weighted by molar-refractivity contribution is 7.89. The maximum absolute atomic E-state index is 10.9. The quantitative estimate of drug-likeness (QED) is 0.613. The van der Waals surface area contributed by atoms with E-state index in [1.165, 1.54) is 0 Å². The number of hydrogen-bond donors (Lipinski definition) is 0. The molecule has 0 spiro atoms. The highest BCUT2D eigenvalue weighted by atomic mass is 32.2. The first-order valence-corrected chi connectivity index (χ1v) is 5.81. The number of hydrogen-bond acceptors (Lipinski definition) is 4. The summed E-state index contributed by atoms with van der Waals surface area (Å²) in [6.45, 7) is 7.73. The van der Waals surface area contributed by atoms with Gasteiger partial charge in [0.25, 0.3) is 10.1 Å². The maximum atomic E-state index is 10.9. The van der Waals surface area contributed by atoms with E-state index in [1.807, 2.05) is 13.8 Å². The highest BCUT2D eigenvalue weighted by Crippen LogP contribution is 2.21. The van der Waals surface area contributed by atoms with Gasteiger partial charge in [0.1, 0.15) is 0 Å². The van der Waals surface area contributed by atoms with Crippen LogP contribution >= 0.6 is 0 Å². The Bertz CT molecular complexity index is 267. The summed E-state index contributed by atoms with van der Waals surface area (Å²) in [7, 11) is -1.95. The van der Waals surface area contributed by atoms with Gasteiger partial charge >= 0.3 is 0 Å². The van der Waals surface area contributed by atoms with Gasteiger partial charge in [0, 0.05) is 13.7 Å². The molecule has 0 aromatic heterocycles. The van der Waals surface area contributed by atoms with Crippen molar-refractivity contribution in [2.45, 2.75) is 20.3 Å². The van der Waals surface area contributed by atoms with Crippen LogP contribution in [0.3, 0.4) is 0 Å². The molecule has 0 aliphatic heterocycles. The van der Waals surface area contributed by atoms with Crippen molar-refractivity contribution in [3.05, 3.63) is 12.0 Å². The molecule has 0 rings (SSSR count). The molecule has 0 aliphatic rings. The van der Waals surface area contributed by atoms with Crippen LogP contribution < -0.4 is 0 Å². The number of rotatable bonds is 7. The van der Waals surface area contributed by atoms with Gasteiger partial charge in [-0.1, -0.05) is 20.4 Å². The summed E-state index contributed by atoms with van der Waals surface area (Å²) in [5.74, 6) is 0. The molecule has 0 heterocycles. The van der Waals surface area contributed by atoms with E-state index >= 15 is 0 Å². The first kappa shape index (κ1) is 13.6. The van der Waals surface area contributed by atoms with E-state index in [9.17, 15) is 8.42 Å². The van der Waals surface area contributed by atoms with Crippen LogP contribution in [0.1, 0.15) is 20.3 Å². The van der Waals surface area contributed by atoms with Crippen LogP contribution in [0.2, 0.25) is 0 Å². The van der Waals surface area contributed by atoms with E-state index in [1.54, 1.807) is 7.11 Å². The van der Waals surface area contributed by atoms with Crippen LogP contribution in [0.15, 0.2) is 12.0 Å². The Kier molecular flexibility index (Phi) is 5.33. The third kappa shape index (κ3) is 6.12. The smallest absolute Gasteiger partial charge is 0.289 e. The molecule has 84 valence electrons. The van der Waals surface area contributed by atoms with Crippen molar-refractivity contribution in [3.63, 3.8) is 0 Å². The van der Waals surface area contributed by atoms with Crippen molar-refractivity contribution < 1.29 is 17.3 Å². The maximum Gasteiger partial charge on any atom is 0.289 e. The summed E-state index contributed by atoms with van der Waals surface area (Å²) in [6, 6.07) is 0. The van der Waals surface area contributed by atoms with Crippen molar-refractivity contribution in [2.24, 2.45) is 5.41 Å². The van der Waals surface area contributed by atoms with Crippen molar-refractivity contribution in [3.8, 4) is 0 Å². The predicted molar refractivity (Wildman–Crippen MR) is 55.3 cm³/mol. The van der Waals surface area contributed by atoms with Gasteiger partial charge in [-0.25, -0.2) is 0 Å². The van der Waals surface area contributed by atoms with Crippen LogP contribution in [0.25, 0.3) is 0 Å². The van der Waals surface area contributed by atoms with Gasteiger partial charge in [0.2, 0.25) is 0 Å². The molecule has 14 heavy (non-hydrogen) atoms. The molecule has 0 unspecified atom stereocenters. The average Bonchev–Trinajstić information content (AvgIpc) is 2.12. The molecule has 0 aromatic rings. The third-order valence-electron chi connectivity index (χ3n) is 1.80. The lowest BCUT2D eigenvalue weighted by atomic mass is 9.91. The van der Waals surface area contributed by atoms with Gasteiger partial charge in [-0.15, -0.1) is 0 Å². The number of ether oxygens (including phenoxy) is 1. The first-order valence-electron chi connectivity index (χ1n) is 4.34. The molecule has 0 radical (unpaired) electrons. The van der Waals surface area contributed by atoms with Gasteiger partial charge in [0.05, 0.1) is 12.0 Å². The topological polar surface area (TPSA) is 52.6 Å². The first-order chi connectivity index (χ1) is 6.33. The van der Waals surface area contributed by atoms with Crippen molar-refractivity contribution >= 4 is 10.1 Å². The fourth-order valence-corrected chi connectivity index (χ4v) is 1.32. The van der Waals surface area contributed by atoms with E-state index in [4.69, 9.17) is 8.92 Å². The molecule has 4 nitrogen and oxygen atoms in total. The minimum absolute atomic E-state index is 0.144. The van der Waals surface area contributed by atoms with Gasteiger partial charge in [0.15, 0.2) is 0 Å². The van der Waals surface area contributed by atoms with Gasteiger partial charge in [-0.3, -0.25) is 4.18 Å². The molecular formula is C9H18O4S. The molecular weight excluding hydrogens is 204 g/mol. The average molecular weight is 222 g/mol. The normalized spacial score (nSPS) is 12.8. The molecule has 0 aliphatic carbocycles. The summed E-state index contributed by atoms with van der Waals surface area (Å²) in [5.41, 5.74) is -0.216. The Morgan fingerprint density at radius 2 is 2.00 bits per heavy atom. The van der Waals surface area contributed by atoms with E-state index in [-0.39, 0.29) is 12.0 Å². The fourth-order valence-electron chi connectivity index (χ4n) is 0.740. The predicted octanol–water partition coefficient (Wildman–Crippen LogP) is 1.54. The summed E-state index contributed by atoms with van der Waals surface area (Å²) in [4.78, 5) is 0. The zero-order valence-electron chi connectivity index (χ0n) is 8.95. The largest absolute Gasteiger partial charge is 0.385 e. The second kappa shape index (κ2) is 5.48. The van der Waals surface area contributed by atoms with E-state index in [0.717, 1.165) is 11.8 Å². The standard InChI is InChI=1S/C9H18O4S/c1-5-14(10,11)13-8-9(2,3)6-7-12-4/h5H,1,6-8H2,2-4H3. The second-order valence-corrected chi connectivity index (χ2v) is 5.38. The summed E-state index contributed by atoms with van der Waals surface area (Å²) >= 11 is 0. The van der Waals surface area contributed by atoms with E-state index < -0.39 is 10.1 Å². The second-order valence-electron chi connectivity index (χ2n) is 3.83. The molecule has 0 amide bonds. The summed E-state index contributed by atoms with van der Waals surface area (Å²) < 4.78 is 31.5. The van der Waals surface area contributed by atoms with E-state index in [0.29, 0.717) is 6.61 Å². The van der Waals surface area contributed by atoms with Crippen LogP contribution in [-0.4, -0.2) is 28.7 Å². The Balaban J connectivity index is 4.05. The lowest BCUT2D eigenvalue weighted by Gasteiger charge is -2.22. The SMILES string of the molecule is C=CS(=O)(=O)OCC(C)(C)CCOC. The van der Waals surface area contributed by atoms with Crippen LogP contribution in [0.4, 0.5) is 0 Å². The minimum atomic E-state index is -3.55. The minimum Gasteiger partial charge on any atom is -0.385 e. The molecule has 0 saturated carbocycles. The molecule has 0 saturated heterocycles. The Hall–Kier alpha value is -0.390. The molecule has 0 bridgehead atoms. The highest BCUT2D eigenvalue weighted by Gasteiger charge is 2.20. The lowest BCUT2D eigenvalue weighted by Crippen LogP contribution is -2.22. The van der Waals surface area contributed by atoms with Crippen molar-refractivity contribution in [2.75, 3.05) is 20.3 Å². The molecule has 0 fully saturated rings. The van der Waals surface area contributed by atoms with Gasteiger partial charge in [-0.05, 0) is 11.8 Å². The molecule has 0 N–H and O–H groups in total. The van der Waals surface area contributed by atoms with Crippen LogP contribution in [0.5, 0.6) is 0 Å². The molecule has 5 heteroatoms. The van der Waals surface area contributed by atoms with Crippen molar-refractivity contribution in [1.82, 2.24) is 0 Å². The zero-order chi connectivity index (χ0) is 11.2. The van der Waals surface area contributed by atoms with Gasteiger partial charge in [-0.2, -0.15) is 8.42 Å². The molecule has 0 atom stereocenters. The lowest BCUT2D eigenvalue weighted by molar-refractivity contribution is 0.115. The van der Waals surface area contributed by atoms with Crippen molar-refractivity contribution in [1.29, 1.82) is 0 Å². The Labute approximate surface area is 86.0 Å². The fraction of sp³-hybridized carbons (Fsp3) is 0.778.